The fourth-order valence-corrected chi connectivity index (χ4v) is 3.17. The number of aryl methyl sites for hydroxylation is 1. The van der Waals surface area contributed by atoms with Gasteiger partial charge in [0.1, 0.15) is 11.6 Å². The summed E-state index contributed by atoms with van der Waals surface area (Å²) in [5, 5.41) is 7.15. The lowest BCUT2D eigenvalue weighted by Gasteiger charge is -2.33. The van der Waals surface area contributed by atoms with E-state index in [1.54, 1.807) is 17.9 Å². The van der Waals surface area contributed by atoms with Gasteiger partial charge in [-0.1, -0.05) is 35.3 Å². The van der Waals surface area contributed by atoms with E-state index < -0.39 is 0 Å². The molecule has 7 heteroatoms. The van der Waals surface area contributed by atoms with Gasteiger partial charge in [0.15, 0.2) is 5.82 Å². The Balaban J connectivity index is 1.68. The van der Waals surface area contributed by atoms with Crippen molar-refractivity contribution in [3.63, 3.8) is 0 Å². The van der Waals surface area contributed by atoms with Gasteiger partial charge >= 0.3 is 6.03 Å². The SMILES string of the molecule is Cc1onc(NC(=O)N2CC/C(=C\c3cc(Cl)ccc3F)C(C)C2)c1C. The second-order valence-electron chi connectivity index (χ2n) is 6.62. The second-order valence-corrected chi connectivity index (χ2v) is 7.06. The molecule has 1 aromatic heterocycles. The molecule has 1 unspecified atom stereocenters. The molecule has 1 saturated heterocycles. The molecule has 0 radical (unpaired) electrons. The molecule has 2 heterocycles. The standard InChI is InChI=1S/C19H21ClFN3O2/c1-11-10-24(19(25)22-18-12(2)13(3)26-23-18)7-6-14(11)8-15-9-16(20)4-5-17(15)21/h4-5,8-9,11H,6-7,10H2,1-3H3,(H,22,23,25)/b14-8+. The number of aromatic nitrogens is 1. The van der Waals surface area contributed by atoms with Crippen molar-refractivity contribution in [2.45, 2.75) is 27.2 Å². The minimum absolute atomic E-state index is 0.119. The summed E-state index contributed by atoms with van der Waals surface area (Å²) in [4.78, 5) is 14.2. The zero-order chi connectivity index (χ0) is 18.8. The van der Waals surface area contributed by atoms with Crippen molar-refractivity contribution in [3.8, 4) is 0 Å². The van der Waals surface area contributed by atoms with Gasteiger partial charge in [-0.25, -0.2) is 9.18 Å². The van der Waals surface area contributed by atoms with Crippen LogP contribution in [0.4, 0.5) is 15.0 Å². The number of likely N-dealkylation sites (tertiary alicyclic amines) is 1. The number of carbonyl (C=O) groups is 1. The number of rotatable bonds is 2. The molecule has 1 atom stereocenters. The lowest BCUT2D eigenvalue weighted by atomic mass is 9.91. The van der Waals surface area contributed by atoms with Crippen molar-refractivity contribution < 1.29 is 13.7 Å². The van der Waals surface area contributed by atoms with Gasteiger partial charge in [0.2, 0.25) is 0 Å². The van der Waals surface area contributed by atoms with E-state index in [0.717, 1.165) is 11.1 Å². The van der Waals surface area contributed by atoms with E-state index in [-0.39, 0.29) is 17.8 Å². The van der Waals surface area contributed by atoms with Crippen LogP contribution in [0, 0.1) is 25.6 Å². The first-order valence-corrected chi connectivity index (χ1v) is 8.87. The van der Waals surface area contributed by atoms with Crippen LogP contribution in [0.15, 0.2) is 28.3 Å². The van der Waals surface area contributed by atoms with Crippen LogP contribution < -0.4 is 5.32 Å². The van der Waals surface area contributed by atoms with E-state index in [2.05, 4.69) is 10.5 Å². The highest BCUT2D eigenvalue weighted by atomic mass is 35.5. The number of urea groups is 1. The molecule has 1 aliphatic rings. The maximum atomic E-state index is 13.9. The molecule has 0 spiro atoms. The van der Waals surface area contributed by atoms with Gasteiger partial charge in [-0.15, -0.1) is 0 Å². The van der Waals surface area contributed by atoms with E-state index in [4.69, 9.17) is 16.1 Å². The van der Waals surface area contributed by atoms with Gasteiger partial charge in [0.25, 0.3) is 0 Å². The fraction of sp³-hybridized carbons (Fsp3) is 0.368. The minimum atomic E-state index is -0.300. The summed E-state index contributed by atoms with van der Waals surface area (Å²) in [6.45, 7) is 6.78. The average molecular weight is 378 g/mol. The molecule has 2 aromatic rings. The average Bonchev–Trinajstić information content (AvgIpc) is 2.91. The summed E-state index contributed by atoms with van der Waals surface area (Å²) in [6, 6.07) is 4.31. The molecular formula is C19H21ClFN3O2. The lowest BCUT2D eigenvalue weighted by molar-refractivity contribution is 0.197. The summed E-state index contributed by atoms with van der Waals surface area (Å²) in [5.41, 5.74) is 2.40. The summed E-state index contributed by atoms with van der Waals surface area (Å²) in [6.07, 6.45) is 2.52. The predicted molar refractivity (Wildman–Crippen MR) is 99.7 cm³/mol. The first-order chi connectivity index (χ1) is 12.3. The largest absolute Gasteiger partial charge is 0.359 e. The van der Waals surface area contributed by atoms with Gasteiger partial charge < -0.3 is 9.42 Å². The van der Waals surface area contributed by atoms with Crippen LogP contribution in [0.5, 0.6) is 0 Å². The van der Waals surface area contributed by atoms with Crippen molar-refractivity contribution in [1.29, 1.82) is 0 Å². The number of halogens is 2. The third kappa shape index (κ3) is 3.90. The van der Waals surface area contributed by atoms with E-state index >= 15 is 0 Å². The van der Waals surface area contributed by atoms with Crippen molar-refractivity contribution in [2.24, 2.45) is 5.92 Å². The van der Waals surface area contributed by atoms with Crippen LogP contribution in [-0.2, 0) is 0 Å². The quantitative estimate of drug-likeness (QED) is 0.797. The van der Waals surface area contributed by atoms with Crippen molar-refractivity contribution >= 4 is 29.5 Å². The first kappa shape index (κ1) is 18.5. The van der Waals surface area contributed by atoms with Gasteiger partial charge in [0.05, 0.1) is 0 Å². The highest BCUT2D eigenvalue weighted by Gasteiger charge is 2.25. The van der Waals surface area contributed by atoms with Gasteiger partial charge in [-0.05, 0) is 44.4 Å². The number of nitrogens with one attached hydrogen (secondary N) is 1. The van der Waals surface area contributed by atoms with Gasteiger partial charge in [-0.2, -0.15) is 0 Å². The Morgan fingerprint density at radius 3 is 2.88 bits per heavy atom. The highest BCUT2D eigenvalue weighted by molar-refractivity contribution is 6.30. The number of carbonyl (C=O) groups excluding carboxylic acids is 1. The number of amides is 2. The summed E-state index contributed by atoms with van der Waals surface area (Å²) in [5.74, 6) is 0.947. The molecule has 26 heavy (non-hydrogen) atoms. The minimum Gasteiger partial charge on any atom is -0.359 e. The number of benzene rings is 1. The highest BCUT2D eigenvalue weighted by Crippen LogP contribution is 2.27. The molecule has 138 valence electrons. The molecule has 3 rings (SSSR count). The Labute approximate surface area is 156 Å². The molecule has 0 saturated carbocycles. The fourth-order valence-electron chi connectivity index (χ4n) is 2.99. The van der Waals surface area contributed by atoms with Crippen LogP contribution in [0.25, 0.3) is 6.08 Å². The Kier molecular flexibility index (Phi) is 5.32. The summed E-state index contributed by atoms with van der Waals surface area (Å²) >= 11 is 5.96. The van der Waals surface area contributed by atoms with Crippen LogP contribution in [-0.4, -0.2) is 29.2 Å². The van der Waals surface area contributed by atoms with Crippen molar-refractivity contribution in [3.05, 3.63) is 51.5 Å². The maximum absolute atomic E-state index is 13.9. The molecular weight excluding hydrogens is 357 g/mol. The molecule has 2 amide bonds. The van der Waals surface area contributed by atoms with Crippen LogP contribution in [0.2, 0.25) is 5.02 Å². The second kappa shape index (κ2) is 7.50. The summed E-state index contributed by atoms with van der Waals surface area (Å²) < 4.78 is 19.0. The van der Waals surface area contributed by atoms with Crippen LogP contribution in [0.1, 0.15) is 30.2 Å². The monoisotopic (exact) mass is 377 g/mol. The van der Waals surface area contributed by atoms with Crippen LogP contribution in [0.3, 0.4) is 0 Å². The maximum Gasteiger partial charge on any atom is 0.323 e. The molecule has 1 aromatic carbocycles. The van der Waals surface area contributed by atoms with E-state index in [9.17, 15) is 9.18 Å². The molecule has 1 fully saturated rings. The number of hydrogen-bond donors (Lipinski definition) is 1. The zero-order valence-corrected chi connectivity index (χ0v) is 15.7. The topological polar surface area (TPSA) is 58.4 Å². The van der Waals surface area contributed by atoms with Crippen LogP contribution >= 0.6 is 11.6 Å². The molecule has 0 aliphatic carbocycles. The van der Waals surface area contributed by atoms with E-state index in [0.29, 0.717) is 41.7 Å². The van der Waals surface area contributed by atoms with E-state index in [1.807, 2.05) is 19.9 Å². The molecule has 1 aliphatic heterocycles. The number of anilines is 1. The number of hydrogen-bond acceptors (Lipinski definition) is 3. The third-order valence-electron chi connectivity index (χ3n) is 4.77. The molecule has 1 N–H and O–H groups in total. The van der Waals surface area contributed by atoms with Crippen molar-refractivity contribution in [1.82, 2.24) is 10.1 Å². The summed E-state index contributed by atoms with van der Waals surface area (Å²) in [7, 11) is 0. The number of piperidine rings is 1. The van der Waals surface area contributed by atoms with Gasteiger partial charge in [-0.3, -0.25) is 5.32 Å². The Morgan fingerprint density at radius 1 is 1.46 bits per heavy atom. The third-order valence-corrected chi connectivity index (χ3v) is 5.00. The smallest absolute Gasteiger partial charge is 0.323 e. The normalized spacial score (nSPS) is 19.0. The van der Waals surface area contributed by atoms with Crippen molar-refractivity contribution in [2.75, 3.05) is 18.4 Å². The predicted octanol–water partition coefficient (Wildman–Crippen LogP) is 5.04. The Bertz CT molecular complexity index is 862. The lowest BCUT2D eigenvalue weighted by Crippen LogP contribution is -2.42. The van der Waals surface area contributed by atoms with Gasteiger partial charge in [0, 0.05) is 29.2 Å². The zero-order valence-electron chi connectivity index (χ0n) is 15.0. The van der Waals surface area contributed by atoms with E-state index in [1.165, 1.54) is 12.1 Å². The first-order valence-electron chi connectivity index (χ1n) is 8.49. The number of nitrogens with zero attached hydrogens (tertiary/aromatic N) is 2. The molecule has 5 nitrogen and oxygen atoms in total. The Morgan fingerprint density at radius 2 is 2.23 bits per heavy atom. The Hall–Kier alpha value is -2.34. The molecule has 0 bridgehead atoms.